The fourth-order valence-corrected chi connectivity index (χ4v) is 2.08. The summed E-state index contributed by atoms with van der Waals surface area (Å²) in [4.78, 5) is 23.3. The van der Waals surface area contributed by atoms with Gasteiger partial charge in [0.1, 0.15) is 11.5 Å². The zero-order valence-electron chi connectivity index (χ0n) is 13.0. The summed E-state index contributed by atoms with van der Waals surface area (Å²) in [5, 5.41) is 0.367. The molecule has 0 heterocycles. The molecule has 2 rings (SSSR count). The number of aryl methyl sites for hydroxylation is 1. The Morgan fingerprint density at radius 2 is 1.78 bits per heavy atom. The zero-order valence-corrected chi connectivity index (χ0v) is 13.7. The van der Waals surface area contributed by atoms with Gasteiger partial charge in [-0.25, -0.2) is 4.79 Å². The Morgan fingerprint density at radius 1 is 1.09 bits per heavy atom. The van der Waals surface area contributed by atoms with Crippen LogP contribution in [0.3, 0.4) is 0 Å². The van der Waals surface area contributed by atoms with Crippen molar-refractivity contribution in [3.8, 4) is 11.5 Å². The van der Waals surface area contributed by atoms with Crippen LogP contribution in [0, 0.1) is 6.92 Å². The van der Waals surface area contributed by atoms with Crippen LogP contribution < -0.4 is 9.47 Å². The van der Waals surface area contributed by atoms with Gasteiger partial charge in [-0.05, 0) is 48.9 Å². The van der Waals surface area contributed by atoms with Crippen LogP contribution >= 0.6 is 11.6 Å². The number of esters is 1. The maximum atomic E-state index is 11.8. The van der Waals surface area contributed by atoms with Gasteiger partial charge < -0.3 is 9.47 Å². The number of hydrogen-bond acceptors (Lipinski definition) is 4. The lowest BCUT2D eigenvalue weighted by molar-refractivity contribution is -0.136. The van der Waals surface area contributed by atoms with Gasteiger partial charge in [0, 0.05) is 12.0 Å². The van der Waals surface area contributed by atoms with Crippen LogP contribution in [-0.2, 0) is 4.79 Å². The van der Waals surface area contributed by atoms with Gasteiger partial charge in [-0.2, -0.15) is 0 Å². The van der Waals surface area contributed by atoms with Crippen LogP contribution in [0.5, 0.6) is 11.5 Å². The van der Waals surface area contributed by atoms with E-state index < -0.39 is 5.97 Å². The van der Waals surface area contributed by atoms with E-state index in [1.165, 1.54) is 0 Å². The van der Waals surface area contributed by atoms with Crippen molar-refractivity contribution >= 4 is 23.4 Å². The average Bonchev–Trinajstić information content (AvgIpc) is 2.56. The number of rotatable bonds is 6. The van der Waals surface area contributed by atoms with E-state index in [4.69, 9.17) is 21.1 Å². The van der Waals surface area contributed by atoms with E-state index in [2.05, 4.69) is 0 Å². The Morgan fingerprint density at radius 3 is 2.43 bits per heavy atom. The minimum atomic E-state index is -0.550. The molecule has 0 atom stereocenters. The number of Topliss-reactive ketones (excluding diaryl/α,β-unsaturated/α-hetero) is 1. The minimum absolute atomic E-state index is 0.0602. The van der Waals surface area contributed by atoms with Gasteiger partial charge >= 0.3 is 5.97 Å². The third-order valence-electron chi connectivity index (χ3n) is 3.16. The summed E-state index contributed by atoms with van der Waals surface area (Å²) in [5.74, 6) is 0.311. The monoisotopic (exact) mass is 332 g/mol. The molecule has 0 amide bonds. The number of ether oxygens (including phenoxy) is 2. The van der Waals surface area contributed by atoms with Crippen molar-refractivity contribution < 1.29 is 19.1 Å². The molecular weight excluding hydrogens is 316 g/mol. The van der Waals surface area contributed by atoms with Crippen LogP contribution in [0.2, 0.25) is 5.02 Å². The number of ketones is 1. The molecule has 0 aromatic heterocycles. The molecule has 5 heteroatoms. The lowest BCUT2D eigenvalue weighted by atomic mass is 10.1. The molecule has 0 radical (unpaired) electrons. The van der Waals surface area contributed by atoms with Crippen LogP contribution in [-0.4, -0.2) is 18.4 Å². The standard InChI is InChI=1S/C18H17ClO4/c1-3-16(20)13-5-7-14(8-6-13)22-11-18(21)23-17-10-12(2)4-9-15(17)19/h4-10H,3,11H2,1-2H3. The largest absolute Gasteiger partial charge is 0.482 e. The molecule has 0 N–H and O–H groups in total. The molecule has 2 aromatic rings. The number of carbonyl (C=O) groups excluding carboxylic acids is 2. The van der Waals surface area contributed by atoms with Crippen LogP contribution in [0.4, 0.5) is 0 Å². The quantitative estimate of drug-likeness (QED) is 0.451. The Balaban J connectivity index is 1.91. The summed E-state index contributed by atoms with van der Waals surface area (Å²) in [5.41, 5.74) is 1.56. The van der Waals surface area contributed by atoms with Crippen LogP contribution in [0.1, 0.15) is 29.3 Å². The highest BCUT2D eigenvalue weighted by Gasteiger charge is 2.10. The summed E-state index contributed by atoms with van der Waals surface area (Å²) in [7, 11) is 0. The van der Waals surface area contributed by atoms with Gasteiger partial charge in [-0.3, -0.25) is 4.79 Å². The van der Waals surface area contributed by atoms with Gasteiger partial charge in [0.2, 0.25) is 0 Å². The Bertz CT molecular complexity index is 707. The van der Waals surface area contributed by atoms with Gasteiger partial charge in [-0.15, -0.1) is 0 Å². The predicted molar refractivity (Wildman–Crippen MR) is 88.4 cm³/mol. The highest BCUT2D eigenvalue weighted by atomic mass is 35.5. The first-order valence-electron chi connectivity index (χ1n) is 7.22. The van der Waals surface area contributed by atoms with E-state index in [-0.39, 0.29) is 12.4 Å². The number of halogens is 1. The van der Waals surface area contributed by atoms with E-state index >= 15 is 0 Å². The summed E-state index contributed by atoms with van der Waals surface area (Å²) in [6.45, 7) is 3.44. The highest BCUT2D eigenvalue weighted by molar-refractivity contribution is 6.32. The molecule has 0 aliphatic rings. The molecule has 0 aliphatic heterocycles. The normalized spacial score (nSPS) is 10.2. The summed E-state index contributed by atoms with van der Waals surface area (Å²) in [6.07, 6.45) is 0.448. The summed E-state index contributed by atoms with van der Waals surface area (Å²) in [6, 6.07) is 11.8. The maximum absolute atomic E-state index is 11.8. The van der Waals surface area contributed by atoms with Crippen molar-refractivity contribution in [2.24, 2.45) is 0 Å². The van der Waals surface area contributed by atoms with Crippen molar-refractivity contribution in [1.82, 2.24) is 0 Å². The number of benzene rings is 2. The van der Waals surface area contributed by atoms with E-state index in [0.717, 1.165) is 5.56 Å². The van der Waals surface area contributed by atoms with Crippen molar-refractivity contribution in [1.29, 1.82) is 0 Å². The number of hydrogen-bond donors (Lipinski definition) is 0. The summed E-state index contributed by atoms with van der Waals surface area (Å²) < 4.78 is 10.5. The van der Waals surface area contributed by atoms with Crippen LogP contribution in [0.15, 0.2) is 42.5 Å². The molecule has 120 valence electrons. The first-order valence-corrected chi connectivity index (χ1v) is 7.60. The van der Waals surface area contributed by atoms with E-state index in [1.807, 2.05) is 13.0 Å². The minimum Gasteiger partial charge on any atom is -0.482 e. The van der Waals surface area contributed by atoms with Crippen LogP contribution in [0.25, 0.3) is 0 Å². The molecule has 0 aliphatic carbocycles. The Kier molecular flexibility index (Phi) is 5.77. The smallest absolute Gasteiger partial charge is 0.349 e. The predicted octanol–water partition coefficient (Wildman–Crippen LogP) is 4.23. The third kappa shape index (κ3) is 4.83. The maximum Gasteiger partial charge on any atom is 0.349 e. The molecule has 0 saturated carbocycles. The first kappa shape index (κ1) is 17.0. The fourth-order valence-electron chi connectivity index (χ4n) is 1.92. The Labute approximate surface area is 140 Å². The Hall–Kier alpha value is -2.33. The second-order valence-corrected chi connectivity index (χ2v) is 5.40. The molecule has 4 nitrogen and oxygen atoms in total. The molecule has 0 bridgehead atoms. The molecule has 0 saturated heterocycles. The SMILES string of the molecule is CCC(=O)c1ccc(OCC(=O)Oc2cc(C)ccc2Cl)cc1. The van der Waals surface area contributed by atoms with E-state index in [1.54, 1.807) is 43.3 Å². The first-order chi connectivity index (χ1) is 11.0. The second kappa shape index (κ2) is 7.79. The molecule has 2 aromatic carbocycles. The van der Waals surface area contributed by atoms with Gasteiger partial charge in [-0.1, -0.05) is 24.6 Å². The highest BCUT2D eigenvalue weighted by Crippen LogP contribution is 2.25. The van der Waals surface area contributed by atoms with Crippen molar-refractivity contribution in [2.45, 2.75) is 20.3 Å². The molecule has 23 heavy (non-hydrogen) atoms. The van der Waals surface area contributed by atoms with E-state index in [0.29, 0.717) is 28.5 Å². The fraction of sp³-hybridized carbons (Fsp3) is 0.222. The molecule has 0 spiro atoms. The van der Waals surface area contributed by atoms with Crippen molar-refractivity contribution in [3.05, 3.63) is 58.6 Å². The molecule has 0 unspecified atom stereocenters. The lowest BCUT2D eigenvalue weighted by Crippen LogP contribution is -2.18. The zero-order chi connectivity index (χ0) is 16.8. The van der Waals surface area contributed by atoms with Gasteiger partial charge in [0.15, 0.2) is 12.4 Å². The van der Waals surface area contributed by atoms with Crippen molar-refractivity contribution in [2.75, 3.05) is 6.61 Å². The van der Waals surface area contributed by atoms with Crippen molar-refractivity contribution in [3.63, 3.8) is 0 Å². The topological polar surface area (TPSA) is 52.6 Å². The van der Waals surface area contributed by atoms with Gasteiger partial charge in [0.25, 0.3) is 0 Å². The lowest BCUT2D eigenvalue weighted by Gasteiger charge is -2.09. The molecular formula is C18H17ClO4. The second-order valence-electron chi connectivity index (χ2n) is 5.00. The van der Waals surface area contributed by atoms with Gasteiger partial charge in [0.05, 0.1) is 5.02 Å². The number of carbonyl (C=O) groups is 2. The summed E-state index contributed by atoms with van der Waals surface area (Å²) >= 11 is 5.97. The average molecular weight is 333 g/mol. The third-order valence-corrected chi connectivity index (χ3v) is 3.48. The van der Waals surface area contributed by atoms with E-state index in [9.17, 15) is 9.59 Å². The molecule has 0 fully saturated rings.